The molecule has 0 aliphatic carbocycles. The predicted molar refractivity (Wildman–Crippen MR) is 135 cm³/mol. The van der Waals surface area contributed by atoms with Crippen LogP contribution in [0.3, 0.4) is 0 Å². The van der Waals surface area contributed by atoms with E-state index in [9.17, 15) is 0 Å². The second kappa shape index (κ2) is 12.2. The van der Waals surface area contributed by atoms with E-state index in [0.717, 1.165) is 71.3 Å². The Hall–Kier alpha value is -2.41. The third kappa shape index (κ3) is 7.29. The Morgan fingerprint density at radius 1 is 0.939 bits per heavy atom. The summed E-state index contributed by atoms with van der Waals surface area (Å²) in [7, 11) is 4.08. The number of ether oxygens (including phenoxy) is 1. The van der Waals surface area contributed by atoms with Crippen molar-refractivity contribution < 1.29 is 4.74 Å². The van der Waals surface area contributed by atoms with Gasteiger partial charge in [-0.2, -0.15) is 0 Å². The topological polar surface area (TPSA) is 43.3 Å². The van der Waals surface area contributed by atoms with Crippen LogP contribution in [0.4, 0.5) is 0 Å². The van der Waals surface area contributed by atoms with Crippen LogP contribution in [0.2, 0.25) is 0 Å². The maximum Gasteiger partial charge on any atom is 0.193 e. The minimum Gasteiger partial charge on any atom is -0.376 e. The van der Waals surface area contributed by atoms with E-state index in [1.165, 1.54) is 16.7 Å². The fraction of sp³-hybridized carbons (Fsp3) is 0.519. The molecule has 0 bridgehead atoms. The molecule has 1 N–H and O–H groups in total. The van der Waals surface area contributed by atoms with Crippen LogP contribution in [-0.4, -0.2) is 80.6 Å². The van der Waals surface area contributed by atoms with E-state index in [4.69, 9.17) is 4.74 Å². The fourth-order valence-electron chi connectivity index (χ4n) is 4.62. The highest BCUT2D eigenvalue weighted by Gasteiger charge is 2.25. The average Bonchev–Trinajstić information content (AvgIpc) is 3.31. The van der Waals surface area contributed by atoms with Crippen LogP contribution in [0.15, 0.2) is 59.6 Å². The largest absolute Gasteiger partial charge is 0.376 e. The first kappa shape index (κ1) is 23.7. The number of piperazine rings is 1. The summed E-state index contributed by atoms with van der Waals surface area (Å²) in [6, 6.07) is 19.4. The van der Waals surface area contributed by atoms with Gasteiger partial charge in [-0.15, -0.1) is 0 Å². The number of likely N-dealkylation sites (tertiary alicyclic amines) is 1. The van der Waals surface area contributed by atoms with Crippen molar-refractivity contribution in [3.05, 3.63) is 71.3 Å². The molecule has 2 aromatic carbocycles. The van der Waals surface area contributed by atoms with Gasteiger partial charge in [-0.25, -0.2) is 0 Å². The summed E-state index contributed by atoms with van der Waals surface area (Å²) in [5.74, 6) is 1.54. The first-order valence-electron chi connectivity index (χ1n) is 12.3. The SMILES string of the molecule is CN=C(NCc1ccc(CN2CCN(C)CC2)cc1)N1CCC(COCc2ccccc2)C1. The lowest BCUT2D eigenvalue weighted by atomic mass is 10.1. The molecular weight excluding hydrogens is 410 g/mol. The maximum absolute atomic E-state index is 5.97. The highest BCUT2D eigenvalue weighted by atomic mass is 16.5. The maximum atomic E-state index is 5.97. The smallest absolute Gasteiger partial charge is 0.193 e. The van der Waals surface area contributed by atoms with Gasteiger partial charge in [0.1, 0.15) is 0 Å². The van der Waals surface area contributed by atoms with Crippen molar-refractivity contribution in [1.29, 1.82) is 0 Å². The first-order valence-corrected chi connectivity index (χ1v) is 12.3. The second-order valence-electron chi connectivity index (χ2n) is 9.40. The van der Waals surface area contributed by atoms with E-state index in [0.29, 0.717) is 12.5 Å². The normalized spacial score (nSPS) is 20.4. The minimum atomic E-state index is 0.557. The van der Waals surface area contributed by atoms with Crippen molar-refractivity contribution in [2.24, 2.45) is 10.9 Å². The summed E-state index contributed by atoms with van der Waals surface area (Å²) < 4.78 is 5.97. The summed E-state index contributed by atoms with van der Waals surface area (Å²) >= 11 is 0. The average molecular weight is 450 g/mol. The third-order valence-electron chi connectivity index (χ3n) is 6.74. The van der Waals surface area contributed by atoms with Gasteiger partial charge < -0.3 is 19.9 Å². The Morgan fingerprint density at radius 2 is 1.67 bits per heavy atom. The Morgan fingerprint density at radius 3 is 2.39 bits per heavy atom. The number of nitrogens with one attached hydrogen (secondary N) is 1. The van der Waals surface area contributed by atoms with E-state index >= 15 is 0 Å². The van der Waals surface area contributed by atoms with Crippen LogP contribution in [-0.2, 0) is 24.4 Å². The number of benzene rings is 2. The van der Waals surface area contributed by atoms with Crippen LogP contribution in [0.25, 0.3) is 0 Å². The third-order valence-corrected chi connectivity index (χ3v) is 6.74. The van der Waals surface area contributed by atoms with Gasteiger partial charge in [0, 0.05) is 65.3 Å². The fourth-order valence-corrected chi connectivity index (χ4v) is 4.62. The molecule has 33 heavy (non-hydrogen) atoms. The number of hydrogen-bond donors (Lipinski definition) is 1. The number of aliphatic imine (C=N–C) groups is 1. The summed E-state index contributed by atoms with van der Waals surface area (Å²) in [6.45, 7) is 10.0. The van der Waals surface area contributed by atoms with Crippen molar-refractivity contribution >= 4 is 5.96 Å². The van der Waals surface area contributed by atoms with E-state index < -0.39 is 0 Å². The van der Waals surface area contributed by atoms with Gasteiger partial charge in [0.25, 0.3) is 0 Å². The molecule has 6 nitrogen and oxygen atoms in total. The monoisotopic (exact) mass is 449 g/mol. The van der Waals surface area contributed by atoms with Crippen molar-refractivity contribution in [2.45, 2.75) is 26.1 Å². The Kier molecular flexibility index (Phi) is 8.75. The quantitative estimate of drug-likeness (QED) is 0.496. The molecule has 0 spiro atoms. The van der Waals surface area contributed by atoms with E-state index in [1.807, 2.05) is 13.1 Å². The number of nitrogens with zero attached hydrogens (tertiary/aromatic N) is 4. The van der Waals surface area contributed by atoms with Crippen LogP contribution in [0.1, 0.15) is 23.1 Å². The van der Waals surface area contributed by atoms with Crippen LogP contribution in [0.5, 0.6) is 0 Å². The molecule has 2 heterocycles. The zero-order chi connectivity index (χ0) is 22.9. The van der Waals surface area contributed by atoms with Gasteiger partial charge in [-0.1, -0.05) is 54.6 Å². The zero-order valence-electron chi connectivity index (χ0n) is 20.2. The number of guanidine groups is 1. The van der Waals surface area contributed by atoms with E-state index in [1.54, 1.807) is 0 Å². The molecule has 2 aliphatic rings. The van der Waals surface area contributed by atoms with Gasteiger partial charge >= 0.3 is 0 Å². The molecule has 0 amide bonds. The number of hydrogen-bond acceptors (Lipinski definition) is 4. The lowest BCUT2D eigenvalue weighted by Gasteiger charge is -2.32. The zero-order valence-corrected chi connectivity index (χ0v) is 20.2. The molecule has 2 aliphatic heterocycles. The van der Waals surface area contributed by atoms with E-state index in [2.05, 4.69) is 80.6 Å². The summed E-state index contributed by atoms with van der Waals surface area (Å²) in [5.41, 5.74) is 3.92. The number of rotatable bonds is 8. The lowest BCUT2D eigenvalue weighted by molar-refractivity contribution is 0.0906. The predicted octanol–water partition coefficient (Wildman–Crippen LogP) is 3.05. The van der Waals surface area contributed by atoms with Crippen molar-refractivity contribution in [2.75, 3.05) is 60.0 Å². The molecule has 178 valence electrons. The molecule has 0 radical (unpaired) electrons. The Balaban J connectivity index is 1.18. The Labute approximate surface area is 199 Å². The van der Waals surface area contributed by atoms with Crippen molar-refractivity contribution in [3.63, 3.8) is 0 Å². The van der Waals surface area contributed by atoms with Gasteiger partial charge in [0.15, 0.2) is 5.96 Å². The molecule has 6 heteroatoms. The second-order valence-corrected chi connectivity index (χ2v) is 9.40. The molecule has 0 saturated carbocycles. The molecule has 0 aromatic heterocycles. The molecule has 1 unspecified atom stereocenters. The molecule has 2 aromatic rings. The van der Waals surface area contributed by atoms with Gasteiger partial charge in [-0.3, -0.25) is 9.89 Å². The minimum absolute atomic E-state index is 0.557. The van der Waals surface area contributed by atoms with E-state index in [-0.39, 0.29) is 0 Å². The van der Waals surface area contributed by atoms with Crippen LogP contribution < -0.4 is 5.32 Å². The number of likely N-dealkylation sites (N-methyl/N-ethyl adjacent to an activating group) is 1. The highest BCUT2D eigenvalue weighted by molar-refractivity contribution is 5.80. The molecule has 4 rings (SSSR count). The van der Waals surface area contributed by atoms with Crippen molar-refractivity contribution in [1.82, 2.24) is 20.0 Å². The van der Waals surface area contributed by atoms with Gasteiger partial charge in [0.05, 0.1) is 13.2 Å². The molecule has 2 fully saturated rings. The van der Waals surface area contributed by atoms with Gasteiger partial charge in [0.2, 0.25) is 0 Å². The summed E-state index contributed by atoms with van der Waals surface area (Å²) in [6.07, 6.45) is 1.15. The van der Waals surface area contributed by atoms with Gasteiger partial charge in [-0.05, 0) is 30.2 Å². The highest BCUT2D eigenvalue weighted by Crippen LogP contribution is 2.18. The molecular formula is C27H39N5O. The van der Waals surface area contributed by atoms with Crippen LogP contribution in [0, 0.1) is 5.92 Å². The molecule has 1 atom stereocenters. The summed E-state index contributed by atoms with van der Waals surface area (Å²) in [5, 5.41) is 3.56. The van der Waals surface area contributed by atoms with Crippen molar-refractivity contribution in [3.8, 4) is 0 Å². The molecule has 2 saturated heterocycles. The Bertz CT molecular complexity index is 862. The summed E-state index contributed by atoms with van der Waals surface area (Å²) in [4.78, 5) is 11.8. The lowest BCUT2D eigenvalue weighted by Crippen LogP contribution is -2.43. The standard InChI is InChI=1S/C27H39N5O/c1-28-27(32-13-12-26(20-32)22-33-21-25-6-4-3-5-7-25)29-18-23-8-10-24(11-9-23)19-31-16-14-30(2)15-17-31/h3-11,26H,12-22H2,1-2H3,(H,28,29). The first-order chi connectivity index (χ1) is 16.2. The van der Waals surface area contributed by atoms with Crippen LogP contribution >= 0.6 is 0 Å².